The van der Waals surface area contributed by atoms with E-state index in [1.54, 1.807) is 0 Å². The van der Waals surface area contributed by atoms with Gasteiger partial charge in [0.1, 0.15) is 16.6 Å². The summed E-state index contributed by atoms with van der Waals surface area (Å²) in [6.45, 7) is 2.19. The fraction of sp³-hybridized carbons (Fsp3) is 0.111. The van der Waals surface area contributed by atoms with E-state index in [9.17, 15) is 13.6 Å². The molecule has 0 spiro atoms. The van der Waals surface area contributed by atoms with Crippen LogP contribution in [0.25, 0.3) is 10.6 Å². The van der Waals surface area contributed by atoms with Crippen LogP contribution >= 0.6 is 11.3 Å². The molecule has 0 saturated carbocycles. The molecular formula is C18H14F2N2OS. The number of thiazole rings is 1. The van der Waals surface area contributed by atoms with Crippen molar-refractivity contribution >= 4 is 17.2 Å². The Kier molecular flexibility index (Phi) is 4.66. The first-order chi connectivity index (χ1) is 11.5. The van der Waals surface area contributed by atoms with Gasteiger partial charge in [0.05, 0.1) is 17.8 Å². The number of aromatic nitrogens is 1. The van der Waals surface area contributed by atoms with E-state index in [0.29, 0.717) is 11.8 Å². The molecular weight excluding hydrogens is 330 g/mol. The Morgan fingerprint density at radius 1 is 1.21 bits per heavy atom. The van der Waals surface area contributed by atoms with Gasteiger partial charge in [-0.2, -0.15) is 0 Å². The van der Waals surface area contributed by atoms with Gasteiger partial charge in [-0.3, -0.25) is 4.79 Å². The largest absolute Gasteiger partial charge is 0.346 e. The molecule has 6 heteroatoms. The van der Waals surface area contributed by atoms with Crippen LogP contribution in [-0.2, 0) is 6.54 Å². The molecule has 24 heavy (non-hydrogen) atoms. The number of nitrogens with zero attached hydrogens (tertiary/aromatic N) is 1. The molecule has 2 aromatic carbocycles. The summed E-state index contributed by atoms with van der Waals surface area (Å²) in [5.74, 6) is -2.20. The summed E-state index contributed by atoms with van der Waals surface area (Å²) >= 11 is 1.48. The lowest BCUT2D eigenvalue weighted by Crippen LogP contribution is -2.24. The molecule has 1 amide bonds. The van der Waals surface area contributed by atoms with E-state index in [-0.39, 0.29) is 12.1 Å². The van der Waals surface area contributed by atoms with Gasteiger partial charge in [-0.15, -0.1) is 11.3 Å². The van der Waals surface area contributed by atoms with Crippen molar-refractivity contribution in [2.45, 2.75) is 13.5 Å². The predicted molar refractivity (Wildman–Crippen MR) is 89.8 cm³/mol. The first-order valence-corrected chi connectivity index (χ1v) is 8.16. The highest BCUT2D eigenvalue weighted by molar-refractivity contribution is 7.13. The van der Waals surface area contributed by atoms with Crippen LogP contribution < -0.4 is 5.32 Å². The number of carbonyl (C=O) groups is 1. The van der Waals surface area contributed by atoms with Gasteiger partial charge in [0.15, 0.2) is 0 Å². The van der Waals surface area contributed by atoms with Crippen LogP contribution in [0, 0.1) is 18.6 Å². The summed E-state index contributed by atoms with van der Waals surface area (Å²) in [6.07, 6.45) is 0. The van der Waals surface area contributed by atoms with Crippen molar-refractivity contribution in [1.82, 2.24) is 10.3 Å². The fourth-order valence-corrected chi connectivity index (χ4v) is 3.17. The van der Waals surface area contributed by atoms with Crippen LogP contribution in [-0.4, -0.2) is 10.9 Å². The molecule has 3 rings (SSSR count). The number of nitrogens with one attached hydrogen (secondary N) is 1. The molecule has 0 atom stereocenters. The molecule has 0 unspecified atom stereocenters. The predicted octanol–water partition coefficient (Wildman–Crippen LogP) is 4.33. The third-order valence-electron chi connectivity index (χ3n) is 3.53. The average Bonchev–Trinajstić information content (AvgIpc) is 3.02. The molecule has 3 aromatic rings. The summed E-state index contributed by atoms with van der Waals surface area (Å²) in [5.41, 5.74) is 2.67. The van der Waals surface area contributed by atoms with Gasteiger partial charge >= 0.3 is 0 Å². The van der Waals surface area contributed by atoms with Gasteiger partial charge in [0, 0.05) is 17.0 Å². The number of benzene rings is 2. The summed E-state index contributed by atoms with van der Waals surface area (Å²) in [7, 11) is 0. The van der Waals surface area contributed by atoms with E-state index in [4.69, 9.17) is 0 Å². The van der Waals surface area contributed by atoms with Gasteiger partial charge in [0.25, 0.3) is 5.91 Å². The normalized spacial score (nSPS) is 10.6. The van der Waals surface area contributed by atoms with Crippen LogP contribution in [0.3, 0.4) is 0 Å². The molecule has 1 N–H and O–H groups in total. The molecule has 0 bridgehead atoms. The number of hydrogen-bond acceptors (Lipinski definition) is 3. The smallest absolute Gasteiger partial charge is 0.254 e. The van der Waals surface area contributed by atoms with E-state index < -0.39 is 17.5 Å². The second kappa shape index (κ2) is 6.88. The number of rotatable bonds is 4. The molecule has 0 saturated heterocycles. The van der Waals surface area contributed by atoms with Crippen molar-refractivity contribution in [2.75, 3.05) is 0 Å². The molecule has 1 aromatic heterocycles. The first-order valence-electron chi connectivity index (χ1n) is 7.28. The van der Waals surface area contributed by atoms with E-state index in [1.165, 1.54) is 11.3 Å². The van der Waals surface area contributed by atoms with Crippen molar-refractivity contribution in [3.8, 4) is 10.6 Å². The van der Waals surface area contributed by atoms with Crippen molar-refractivity contribution in [3.63, 3.8) is 0 Å². The Labute approximate surface area is 142 Å². The SMILES string of the molecule is Cc1ccccc1-c1nc(CNC(=O)c2ccc(F)cc2F)cs1. The zero-order valence-electron chi connectivity index (χ0n) is 12.8. The van der Waals surface area contributed by atoms with Crippen molar-refractivity contribution < 1.29 is 13.6 Å². The van der Waals surface area contributed by atoms with Gasteiger partial charge < -0.3 is 5.32 Å². The van der Waals surface area contributed by atoms with Crippen LogP contribution in [0.5, 0.6) is 0 Å². The van der Waals surface area contributed by atoms with Gasteiger partial charge in [0.2, 0.25) is 0 Å². The molecule has 3 nitrogen and oxygen atoms in total. The minimum atomic E-state index is -0.883. The molecule has 1 heterocycles. The van der Waals surface area contributed by atoms with E-state index in [1.807, 2.05) is 36.6 Å². The second-order valence-electron chi connectivity index (χ2n) is 5.27. The van der Waals surface area contributed by atoms with Crippen LogP contribution in [0.15, 0.2) is 47.8 Å². The second-order valence-corrected chi connectivity index (χ2v) is 6.12. The average molecular weight is 344 g/mol. The standard InChI is InChI=1S/C18H14F2N2OS/c1-11-4-2-3-5-14(11)18-22-13(10-24-18)9-21-17(23)15-7-6-12(19)8-16(15)20/h2-8,10H,9H2,1H3,(H,21,23). The van der Waals surface area contributed by atoms with Crippen LogP contribution in [0.4, 0.5) is 8.78 Å². The maximum Gasteiger partial charge on any atom is 0.254 e. The lowest BCUT2D eigenvalue weighted by atomic mass is 10.1. The number of hydrogen-bond donors (Lipinski definition) is 1. The van der Waals surface area contributed by atoms with Crippen molar-refractivity contribution in [2.24, 2.45) is 0 Å². The first kappa shape index (κ1) is 16.3. The minimum Gasteiger partial charge on any atom is -0.346 e. The van der Waals surface area contributed by atoms with Gasteiger partial charge in [-0.1, -0.05) is 24.3 Å². The molecule has 0 fully saturated rings. The van der Waals surface area contributed by atoms with E-state index in [2.05, 4.69) is 10.3 Å². The summed E-state index contributed by atoms with van der Waals surface area (Å²) in [4.78, 5) is 16.5. The zero-order valence-corrected chi connectivity index (χ0v) is 13.7. The van der Waals surface area contributed by atoms with E-state index in [0.717, 1.165) is 28.3 Å². The number of halogens is 2. The van der Waals surface area contributed by atoms with Crippen LogP contribution in [0.1, 0.15) is 21.6 Å². The lowest BCUT2D eigenvalue weighted by Gasteiger charge is -2.05. The molecule has 122 valence electrons. The summed E-state index contributed by atoms with van der Waals surface area (Å²) < 4.78 is 26.5. The van der Waals surface area contributed by atoms with Gasteiger partial charge in [-0.05, 0) is 24.6 Å². The molecule has 0 aliphatic heterocycles. The van der Waals surface area contributed by atoms with Crippen molar-refractivity contribution in [3.05, 3.63) is 76.3 Å². The molecule has 0 aliphatic carbocycles. The van der Waals surface area contributed by atoms with Crippen LogP contribution in [0.2, 0.25) is 0 Å². The maximum absolute atomic E-state index is 13.6. The molecule has 0 radical (unpaired) electrons. The number of carbonyl (C=O) groups excluding carboxylic acids is 1. The zero-order chi connectivity index (χ0) is 17.1. The Balaban J connectivity index is 1.69. The third kappa shape index (κ3) is 3.49. The Morgan fingerprint density at radius 2 is 2.00 bits per heavy atom. The third-order valence-corrected chi connectivity index (χ3v) is 4.46. The molecule has 0 aliphatic rings. The maximum atomic E-state index is 13.6. The summed E-state index contributed by atoms with van der Waals surface area (Å²) in [5, 5.41) is 5.31. The van der Waals surface area contributed by atoms with Crippen molar-refractivity contribution in [1.29, 1.82) is 0 Å². The topological polar surface area (TPSA) is 42.0 Å². The monoisotopic (exact) mass is 344 g/mol. The van der Waals surface area contributed by atoms with E-state index >= 15 is 0 Å². The highest BCUT2D eigenvalue weighted by Crippen LogP contribution is 2.26. The highest BCUT2D eigenvalue weighted by atomic mass is 32.1. The minimum absolute atomic E-state index is 0.179. The number of amides is 1. The quantitative estimate of drug-likeness (QED) is 0.765. The summed E-state index contributed by atoms with van der Waals surface area (Å²) in [6, 6.07) is 10.8. The highest BCUT2D eigenvalue weighted by Gasteiger charge is 2.13. The Hall–Kier alpha value is -2.60. The lowest BCUT2D eigenvalue weighted by molar-refractivity contribution is 0.0946. The Morgan fingerprint density at radius 3 is 2.75 bits per heavy atom. The van der Waals surface area contributed by atoms with Gasteiger partial charge in [-0.25, -0.2) is 13.8 Å². The fourth-order valence-electron chi connectivity index (χ4n) is 2.26. The number of aryl methyl sites for hydroxylation is 1. The Bertz CT molecular complexity index is 892.